The van der Waals surface area contributed by atoms with Crippen LogP contribution < -0.4 is 4.72 Å². The van der Waals surface area contributed by atoms with Crippen molar-refractivity contribution in [3.05, 3.63) is 70.0 Å². The molecule has 0 fully saturated rings. The molecule has 7 nitrogen and oxygen atoms in total. The van der Waals surface area contributed by atoms with E-state index >= 15 is 0 Å². The van der Waals surface area contributed by atoms with Crippen LogP contribution >= 0.6 is 23.2 Å². The molecule has 1 aromatic carbocycles. The molecule has 3 rings (SSSR count). The van der Waals surface area contributed by atoms with Gasteiger partial charge in [0, 0.05) is 18.0 Å². The summed E-state index contributed by atoms with van der Waals surface area (Å²) in [5.41, 5.74) is 1.60. The van der Waals surface area contributed by atoms with Crippen LogP contribution in [-0.4, -0.2) is 24.8 Å². The Morgan fingerprint density at radius 2 is 2.03 bits per heavy atom. The number of halogens is 2. The minimum Gasteiger partial charge on any atom is -0.460 e. The van der Waals surface area contributed by atoms with E-state index < -0.39 is 22.0 Å². The first kappa shape index (κ1) is 21.1. The number of carbonyl (C=O) groups excluding carboxylic acids is 1. The number of esters is 1. The fraction of sp³-hybridized carbons (Fsp3) is 0.158. The van der Waals surface area contributed by atoms with Crippen LogP contribution in [0.2, 0.25) is 10.0 Å². The maximum Gasteiger partial charge on any atom is 0.324 e. The molecule has 1 atom stereocenters. The SMILES string of the molecule is C[C@H](NS(=O)(=O)c1ccc(Cl)c(Cl)c1)C(=O)OCc1cn2ccccc2c1C#N. The molecule has 2 aromatic heterocycles. The van der Waals surface area contributed by atoms with E-state index in [-0.39, 0.29) is 21.5 Å². The van der Waals surface area contributed by atoms with Crippen molar-refractivity contribution >= 4 is 44.7 Å². The van der Waals surface area contributed by atoms with Gasteiger partial charge in [-0.1, -0.05) is 29.3 Å². The lowest BCUT2D eigenvalue weighted by Gasteiger charge is -2.14. The van der Waals surface area contributed by atoms with Crippen molar-refractivity contribution in [3.63, 3.8) is 0 Å². The molecule has 0 aliphatic carbocycles. The maximum absolute atomic E-state index is 12.4. The molecule has 0 aliphatic rings. The van der Waals surface area contributed by atoms with Gasteiger partial charge in [0.2, 0.25) is 10.0 Å². The van der Waals surface area contributed by atoms with Crippen molar-refractivity contribution < 1.29 is 17.9 Å². The summed E-state index contributed by atoms with van der Waals surface area (Å²) in [4.78, 5) is 12.1. The van der Waals surface area contributed by atoms with Crippen LogP contribution in [0.4, 0.5) is 0 Å². The third kappa shape index (κ3) is 4.54. The molecule has 29 heavy (non-hydrogen) atoms. The average molecular weight is 452 g/mol. The second kappa shape index (κ2) is 8.43. The van der Waals surface area contributed by atoms with Gasteiger partial charge in [-0.05, 0) is 37.3 Å². The van der Waals surface area contributed by atoms with Crippen molar-refractivity contribution in [1.82, 2.24) is 9.12 Å². The first-order valence-corrected chi connectivity index (χ1v) is 10.6. The number of nitriles is 1. The number of benzene rings is 1. The van der Waals surface area contributed by atoms with Crippen LogP contribution in [0.3, 0.4) is 0 Å². The minimum absolute atomic E-state index is 0.0783. The number of fused-ring (bicyclic) bond motifs is 1. The zero-order chi connectivity index (χ0) is 21.2. The topological polar surface area (TPSA) is 101 Å². The highest BCUT2D eigenvalue weighted by Gasteiger charge is 2.24. The van der Waals surface area contributed by atoms with Gasteiger partial charge in [0.05, 0.1) is 26.0 Å². The Balaban J connectivity index is 1.70. The van der Waals surface area contributed by atoms with Crippen LogP contribution in [0.25, 0.3) is 5.52 Å². The van der Waals surface area contributed by atoms with Gasteiger partial charge in [-0.25, -0.2) is 8.42 Å². The Morgan fingerprint density at radius 1 is 1.28 bits per heavy atom. The van der Waals surface area contributed by atoms with Gasteiger partial charge in [-0.15, -0.1) is 0 Å². The highest BCUT2D eigenvalue weighted by Crippen LogP contribution is 2.25. The maximum atomic E-state index is 12.4. The van der Waals surface area contributed by atoms with Crippen molar-refractivity contribution in [2.75, 3.05) is 0 Å². The summed E-state index contributed by atoms with van der Waals surface area (Å²) in [6.45, 7) is 1.20. The first-order chi connectivity index (χ1) is 13.7. The van der Waals surface area contributed by atoms with Crippen molar-refractivity contribution in [3.8, 4) is 6.07 Å². The number of nitrogens with one attached hydrogen (secondary N) is 1. The lowest BCUT2D eigenvalue weighted by Crippen LogP contribution is -2.39. The zero-order valence-electron chi connectivity index (χ0n) is 15.1. The highest BCUT2D eigenvalue weighted by atomic mass is 35.5. The molecule has 0 bridgehead atoms. The third-order valence-corrected chi connectivity index (χ3v) is 6.41. The van der Waals surface area contributed by atoms with E-state index in [4.69, 9.17) is 27.9 Å². The van der Waals surface area contributed by atoms with Gasteiger partial charge < -0.3 is 9.14 Å². The Kier molecular flexibility index (Phi) is 6.15. The molecule has 0 radical (unpaired) electrons. The quantitative estimate of drug-likeness (QED) is 0.577. The number of pyridine rings is 1. The Hall–Kier alpha value is -2.57. The van der Waals surface area contributed by atoms with E-state index in [0.717, 1.165) is 0 Å². The molecular weight excluding hydrogens is 437 g/mol. The summed E-state index contributed by atoms with van der Waals surface area (Å²) in [6, 6.07) is 10.1. The number of aromatic nitrogens is 1. The predicted molar refractivity (Wildman–Crippen MR) is 108 cm³/mol. The number of hydrogen-bond donors (Lipinski definition) is 1. The molecule has 0 unspecified atom stereocenters. The van der Waals surface area contributed by atoms with E-state index in [0.29, 0.717) is 16.6 Å². The Bertz CT molecular complexity index is 1230. The third-order valence-electron chi connectivity index (χ3n) is 4.13. The Labute approximate surface area is 177 Å². The van der Waals surface area contributed by atoms with Gasteiger partial charge in [0.15, 0.2) is 0 Å². The number of sulfonamides is 1. The fourth-order valence-corrected chi connectivity index (χ4v) is 4.26. The molecule has 10 heteroatoms. The summed E-state index contributed by atoms with van der Waals surface area (Å²) < 4.78 is 34.1. The first-order valence-electron chi connectivity index (χ1n) is 8.35. The second-order valence-corrected chi connectivity index (χ2v) is 8.69. The van der Waals surface area contributed by atoms with E-state index in [9.17, 15) is 18.5 Å². The molecule has 1 N–H and O–H groups in total. The predicted octanol–water partition coefficient (Wildman–Crippen LogP) is 3.53. The summed E-state index contributed by atoms with van der Waals surface area (Å²) >= 11 is 11.6. The van der Waals surface area contributed by atoms with E-state index in [1.165, 1.54) is 25.1 Å². The standard InChI is InChI=1S/C19H15Cl2N3O4S/c1-12(23-29(26,27)14-5-6-16(20)17(21)8-14)19(25)28-11-13-10-24-7-3-2-4-18(24)15(13)9-22/h2-8,10,12,23H,11H2,1H3/t12-/m0/s1. The van der Waals surface area contributed by atoms with Crippen LogP contribution in [-0.2, 0) is 26.2 Å². The second-order valence-electron chi connectivity index (χ2n) is 6.16. The number of rotatable bonds is 6. The smallest absolute Gasteiger partial charge is 0.324 e. The average Bonchev–Trinajstić information content (AvgIpc) is 3.05. The van der Waals surface area contributed by atoms with Crippen LogP contribution in [0.15, 0.2) is 53.7 Å². The lowest BCUT2D eigenvalue weighted by atomic mass is 10.2. The van der Waals surface area contributed by atoms with Gasteiger partial charge in [0.25, 0.3) is 0 Å². The fourth-order valence-electron chi connectivity index (χ4n) is 2.68. The van der Waals surface area contributed by atoms with Crippen LogP contribution in [0.5, 0.6) is 0 Å². The molecule has 3 aromatic rings. The summed E-state index contributed by atoms with van der Waals surface area (Å²) in [5.74, 6) is -0.784. The van der Waals surface area contributed by atoms with Crippen LogP contribution in [0.1, 0.15) is 18.1 Å². The van der Waals surface area contributed by atoms with E-state index in [2.05, 4.69) is 10.8 Å². The molecule has 2 heterocycles. The summed E-state index contributed by atoms with van der Waals surface area (Å²) in [5, 5.41) is 9.68. The largest absolute Gasteiger partial charge is 0.460 e. The monoisotopic (exact) mass is 451 g/mol. The minimum atomic E-state index is -4.01. The van der Waals surface area contributed by atoms with E-state index in [1.54, 1.807) is 28.9 Å². The molecular formula is C19H15Cl2N3O4S. The summed E-state index contributed by atoms with van der Waals surface area (Å²) in [6.07, 6.45) is 3.46. The normalized spacial score (nSPS) is 12.5. The Morgan fingerprint density at radius 3 is 2.72 bits per heavy atom. The number of nitrogens with zero attached hydrogens (tertiary/aromatic N) is 2. The molecule has 0 saturated carbocycles. The summed E-state index contributed by atoms with van der Waals surface area (Å²) in [7, 11) is -4.01. The number of carbonyl (C=O) groups is 1. The number of hydrogen-bond acceptors (Lipinski definition) is 5. The van der Waals surface area contributed by atoms with Crippen molar-refractivity contribution in [1.29, 1.82) is 5.26 Å². The molecule has 0 amide bonds. The lowest BCUT2D eigenvalue weighted by molar-refractivity contribution is -0.146. The van der Waals surface area contributed by atoms with E-state index in [1.807, 2.05) is 6.07 Å². The molecule has 150 valence electrons. The van der Waals surface area contributed by atoms with Gasteiger partial charge >= 0.3 is 5.97 Å². The molecule has 0 spiro atoms. The zero-order valence-corrected chi connectivity index (χ0v) is 17.4. The molecule has 0 aliphatic heterocycles. The van der Waals surface area contributed by atoms with Crippen molar-refractivity contribution in [2.45, 2.75) is 24.5 Å². The van der Waals surface area contributed by atoms with Gasteiger partial charge in [-0.3, -0.25) is 4.79 Å². The van der Waals surface area contributed by atoms with Gasteiger partial charge in [0.1, 0.15) is 18.7 Å². The van der Waals surface area contributed by atoms with Crippen molar-refractivity contribution in [2.24, 2.45) is 0 Å². The highest BCUT2D eigenvalue weighted by molar-refractivity contribution is 7.89. The number of ether oxygens (including phenoxy) is 1. The van der Waals surface area contributed by atoms with Gasteiger partial charge in [-0.2, -0.15) is 9.98 Å². The molecule has 0 saturated heterocycles. The van der Waals surface area contributed by atoms with Crippen LogP contribution in [0, 0.1) is 11.3 Å².